The average Bonchev–Trinajstić information content (AvgIpc) is 3.08. The summed E-state index contributed by atoms with van der Waals surface area (Å²) >= 11 is 19.5. The van der Waals surface area contributed by atoms with Gasteiger partial charge in [-0.05, 0) is 45.2 Å². The van der Waals surface area contributed by atoms with Gasteiger partial charge in [-0.15, -0.1) is 0 Å². The zero-order valence-electron chi connectivity index (χ0n) is 21.0. The number of aliphatic hydroxyl groups is 1. The summed E-state index contributed by atoms with van der Waals surface area (Å²) in [6, 6.07) is 22.6. The van der Waals surface area contributed by atoms with Gasteiger partial charge in [0.2, 0.25) is 0 Å². The van der Waals surface area contributed by atoms with Gasteiger partial charge in [-0.2, -0.15) is 0 Å². The average molecular weight is 558 g/mol. The Morgan fingerprint density at radius 3 is 1.86 bits per heavy atom. The summed E-state index contributed by atoms with van der Waals surface area (Å²) < 4.78 is 0. The monoisotopic (exact) mass is 556 g/mol. The zero-order valence-corrected chi connectivity index (χ0v) is 25.3. The van der Waals surface area contributed by atoms with Gasteiger partial charge in [0, 0.05) is 10.6 Å². The number of hydrogen-bond acceptors (Lipinski definition) is 1. The lowest BCUT2D eigenvalue weighted by atomic mass is 9.98. The lowest BCUT2D eigenvalue weighted by molar-refractivity contribution is 0.510. The second kappa shape index (κ2) is 9.61. The molecule has 0 aromatic heterocycles. The van der Waals surface area contributed by atoms with Crippen LogP contribution in [0.3, 0.4) is 0 Å². The molecule has 0 fully saturated rings. The predicted octanol–water partition coefficient (Wildman–Crippen LogP) is 10.4. The molecule has 0 saturated carbocycles. The van der Waals surface area contributed by atoms with Crippen LogP contribution in [0.1, 0.15) is 27.8 Å². The van der Waals surface area contributed by atoms with Crippen LogP contribution in [0, 0.1) is 0 Å². The molecule has 0 radical (unpaired) electrons. The van der Waals surface area contributed by atoms with Crippen molar-refractivity contribution in [3.8, 4) is 0 Å². The Morgan fingerprint density at radius 1 is 0.771 bits per heavy atom. The van der Waals surface area contributed by atoms with Gasteiger partial charge in [0.1, 0.15) is 5.76 Å². The first-order valence-electron chi connectivity index (χ1n) is 11.8. The van der Waals surface area contributed by atoms with Gasteiger partial charge >= 0.3 is 0 Å². The van der Waals surface area contributed by atoms with E-state index in [0.717, 1.165) is 10.8 Å². The van der Waals surface area contributed by atoms with Crippen molar-refractivity contribution >= 4 is 67.9 Å². The maximum Gasteiger partial charge on any atom is 0.125 e. The minimum Gasteiger partial charge on any atom is -0.507 e. The Morgan fingerprint density at radius 2 is 1.31 bits per heavy atom. The molecule has 1 aliphatic carbocycles. The molecule has 6 heteroatoms. The van der Waals surface area contributed by atoms with E-state index in [9.17, 15) is 5.11 Å². The molecular weight excluding hydrogens is 527 g/mol. The van der Waals surface area contributed by atoms with Crippen LogP contribution in [-0.2, 0) is 0 Å². The Balaban J connectivity index is 2.20. The maximum atomic E-state index is 12.0. The summed E-state index contributed by atoms with van der Waals surface area (Å²) in [6.45, 7) is 14.0. The molecule has 1 nitrogen and oxygen atoms in total. The van der Waals surface area contributed by atoms with E-state index in [1.54, 1.807) is 12.1 Å². The Labute approximate surface area is 226 Å². The SMILES string of the molecule is C[Si](C)(C)/C(C1=C(c2ccccc2)[C@@H]([Si](C)(C)C)c2ccccc21)=C(/O)c1c(Cl)cc(Cl)cc1Cl. The van der Waals surface area contributed by atoms with Gasteiger partial charge in [-0.25, -0.2) is 0 Å². The van der Waals surface area contributed by atoms with Crippen LogP contribution in [0.2, 0.25) is 54.3 Å². The van der Waals surface area contributed by atoms with Crippen LogP contribution >= 0.6 is 34.8 Å². The van der Waals surface area contributed by atoms with Gasteiger partial charge < -0.3 is 5.11 Å². The van der Waals surface area contributed by atoms with Gasteiger partial charge in [0.05, 0.1) is 31.8 Å². The fourth-order valence-corrected chi connectivity index (χ4v) is 10.5. The van der Waals surface area contributed by atoms with E-state index in [-0.39, 0.29) is 5.76 Å². The molecule has 182 valence electrons. The third kappa shape index (κ3) is 4.94. The third-order valence-corrected chi connectivity index (χ3v) is 11.7. The first kappa shape index (κ1) is 26.3. The smallest absolute Gasteiger partial charge is 0.125 e. The Bertz CT molecular complexity index is 1320. The predicted molar refractivity (Wildman–Crippen MR) is 160 cm³/mol. The summed E-state index contributed by atoms with van der Waals surface area (Å²) in [7, 11) is -3.88. The van der Waals surface area contributed by atoms with Crippen molar-refractivity contribution in [1.82, 2.24) is 0 Å². The highest BCUT2D eigenvalue weighted by molar-refractivity contribution is 6.87. The normalized spacial score (nSPS) is 16.9. The molecule has 0 saturated heterocycles. The van der Waals surface area contributed by atoms with Crippen molar-refractivity contribution < 1.29 is 5.11 Å². The summed E-state index contributed by atoms with van der Waals surface area (Å²) in [4.78, 5) is 0. The molecule has 1 aliphatic rings. The van der Waals surface area contributed by atoms with Crippen LogP contribution in [0.4, 0.5) is 0 Å². The highest BCUT2D eigenvalue weighted by atomic mass is 35.5. The number of benzene rings is 3. The molecule has 0 spiro atoms. The lowest BCUT2D eigenvalue weighted by Crippen LogP contribution is -2.31. The first-order chi connectivity index (χ1) is 16.3. The van der Waals surface area contributed by atoms with Crippen LogP contribution in [0.15, 0.2) is 71.9 Å². The van der Waals surface area contributed by atoms with Crippen molar-refractivity contribution in [3.05, 3.63) is 109 Å². The zero-order chi connectivity index (χ0) is 25.7. The van der Waals surface area contributed by atoms with Crippen LogP contribution in [0.25, 0.3) is 16.9 Å². The highest BCUT2D eigenvalue weighted by Gasteiger charge is 2.43. The molecule has 1 atom stereocenters. The van der Waals surface area contributed by atoms with Gasteiger partial charge in [-0.1, -0.05) is 129 Å². The molecule has 0 heterocycles. The van der Waals surface area contributed by atoms with Crippen LogP contribution < -0.4 is 0 Å². The molecule has 0 bridgehead atoms. The summed E-state index contributed by atoms with van der Waals surface area (Å²) in [5, 5.41) is 14.1. The molecule has 1 N–H and O–H groups in total. The van der Waals surface area contributed by atoms with Crippen molar-refractivity contribution in [3.63, 3.8) is 0 Å². The second-order valence-electron chi connectivity index (χ2n) is 11.3. The van der Waals surface area contributed by atoms with Crippen molar-refractivity contribution in [2.45, 2.75) is 44.8 Å². The third-order valence-electron chi connectivity index (χ3n) is 6.53. The second-order valence-corrected chi connectivity index (χ2v) is 22.8. The van der Waals surface area contributed by atoms with Crippen molar-refractivity contribution in [1.29, 1.82) is 0 Å². The lowest BCUT2D eigenvalue weighted by Gasteiger charge is -2.31. The maximum absolute atomic E-state index is 12.0. The van der Waals surface area contributed by atoms with Crippen molar-refractivity contribution in [2.24, 2.45) is 0 Å². The van der Waals surface area contributed by atoms with E-state index in [4.69, 9.17) is 34.8 Å². The van der Waals surface area contributed by atoms with E-state index in [1.807, 2.05) is 0 Å². The number of aliphatic hydroxyl groups excluding tert-OH is 1. The summed E-state index contributed by atoms with van der Waals surface area (Å²) in [6.07, 6.45) is 0. The number of allylic oxidation sites excluding steroid dienone is 3. The van der Waals surface area contributed by atoms with E-state index >= 15 is 0 Å². The Kier molecular flexibility index (Phi) is 7.22. The quantitative estimate of drug-likeness (QED) is 0.244. The van der Waals surface area contributed by atoms with Gasteiger partial charge in [0.15, 0.2) is 0 Å². The molecule has 4 rings (SSSR count). The number of fused-ring (bicyclic) bond motifs is 1. The topological polar surface area (TPSA) is 20.2 Å². The van der Waals surface area contributed by atoms with Crippen LogP contribution in [-0.4, -0.2) is 21.3 Å². The molecular formula is C29H31Cl3OSi2. The van der Waals surface area contributed by atoms with Gasteiger partial charge in [0.25, 0.3) is 0 Å². The minimum atomic E-state index is -2.15. The fraction of sp³-hybridized carbons (Fsp3) is 0.241. The number of rotatable bonds is 5. The van der Waals surface area contributed by atoms with Gasteiger partial charge in [-0.3, -0.25) is 0 Å². The summed E-state index contributed by atoms with van der Waals surface area (Å²) in [5.74, 6) is 0.158. The van der Waals surface area contributed by atoms with Crippen molar-refractivity contribution in [2.75, 3.05) is 0 Å². The Hall–Kier alpha value is -1.76. The molecule has 3 aromatic rings. The number of halogens is 3. The van der Waals surface area contributed by atoms with E-state index in [0.29, 0.717) is 26.2 Å². The van der Waals surface area contributed by atoms with E-state index in [2.05, 4.69) is 93.9 Å². The largest absolute Gasteiger partial charge is 0.507 e. The molecule has 35 heavy (non-hydrogen) atoms. The molecule has 0 unspecified atom stereocenters. The number of hydrogen-bond donors (Lipinski definition) is 1. The van der Waals surface area contributed by atoms with E-state index in [1.165, 1.54) is 22.3 Å². The fourth-order valence-electron chi connectivity index (χ4n) is 5.26. The summed E-state index contributed by atoms with van der Waals surface area (Å²) in [5.41, 5.74) is 6.92. The first-order valence-corrected chi connectivity index (χ1v) is 20.0. The molecule has 3 aromatic carbocycles. The van der Waals surface area contributed by atoms with E-state index < -0.39 is 16.1 Å². The molecule has 0 amide bonds. The highest BCUT2D eigenvalue weighted by Crippen LogP contribution is 2.55. The standard InChI is InChI=1S/C29H31Cl3OSi2/c1-34(2,3)28-21-15-11-10-14-20(21)25(24(28)18-12-8-7-9-13-18)29(35(4,5)6)27(33)26-22(31)16-19(30)17-23(26)32/h7-17,28,33H,1-6H3/b29-27+/t28-/m0/s1. The minimum absolute atomic E-state index is 0.158. The van der Waals surface area contributed by atoms with Crippen LogP contribution in [0.5, 0.6) is 0 Å². The molecule has 0 aliphatic heterocycles.